The lowest BCUT2D eigenvalue weighted by Gasteiger charge is -2.09. The average molecular weight is 292 g/mol. The lowest BCUT2D eigenvalue weighted by atomic mass is 10.2. The molecule has 0 bridgehead atoms. The smallest absolute Gasteiger partial charge is 0.433 e. The number of fused-ring (bicyclic) bond motifs is 1. The highest BCUT2D eigenvalue weighted by Crippen LogP contribution is 2.35. The Kier molecular flexibility index (Phi) is 2.53. The molecule has 0 aliphatic heterocycles. The van der Waals surface area contributed by atoms with Gasteiger partial charge in [-0.1, -0.05) is 6.07 Å². The van der Waals surface area contributed by atoms with E-state index in [0.29, 0.717) is 10.5 Å². The van der Waals surface area contributed by atoms with Crippen LogP contribution in [0.2, 0.25) is 0 Å². The van der Waals surface area contributed by atoms with Gasteiger partial charge in [0, 0.05) is 15.9 Å². The molecule has 1 heterocycles. The van der Waals surface area contributed by atoms with Crippen molar-refractivity contribution in [3.8, 4) is 5.75 Å². The van der Waals surface area contributed by atoms with E-state index in [1.54, 1.807) is 12.1 Å². The summed E-state index contributed by atoms with van der Waals surface area (Å²) in [4.78, 5) is 3.47. The number of para-hydroxylation sites is 1. The van der Waals surface area contributed by atoms with Crippen LogP contribution >= 0.6 is 15.9 Å². The fourth-order valence-corrected chi connectivity index (χ4v) is 1.80. The lowest BCUT2D eigenvalue weighted by Crippen LogP contribution is -2.07. The van der Waals surface area contributed by atoms with Gasteiger partial charge in [0.15, 0.2) is 0 Å². The third-order valence-corrected chi connectivity index (χ3v) is 2.70. The van der Waals surface area contributed by atoms with Gasteiger partial charge in [-0.15, -0.1) is 0 Å². The Morgan fingerprint density at radius 3 is 2.56 bits per heavy atom. The Hall–Kier alpha value is -1.30. The molecule has 0 aliphatic carbocycles. The first kappa shape index (κ1) is 11.2. The van der Waals surface area contributed by atoms with Crippen molar-refractivity contribution >= 4 is 26.8 Å². The quantitative estimate of drug-likeness (QED) is 0.802. The molecule has 0 aliphatic rings. The van der Waals surface area contributed by atoms with Crippen molar-refractivity contribution in [1.29, 1.82) is 0 Å². The van der Waals surface area contributed by atoms with Crippen LogP contribution < -0.4 is 0 Å². The van der Waals surface area contributed by atoms with Crippen molar-refractivity contribution in [3.63, 3.8) is 0 Å². The van der Waals surface area contributed by atoms with Crippen LogP contribution in [-0.2, 0) is 6.18 Å². The maximum Gasteiger partial charge on any atom is 0.433 e. The fourth-order valence-electron chi connectivity index (χ4n) is 1.34. The molecule has 1 N–H and O–H groups in total. The van der Waals surface area contributed by atoms with E-state index in [-0.39, 0.29) is 10.9 Å². The van der Waals surface area contributed by atoms with Gasteiger partial charge in [0.25, 0.3) is 0 Å². The maximum absolute atomic E-state index is 12.4. The van der Waals surface area contributed by atoms with Gasteiger partial charge < -0.3 is 5.11 Å². The van der Waals surface area contributed by atoms with Gasteiger partial charge in [0.2, 0.25) is 0 Å². The molecule has 2 rings (SSSR count). The predicted octanol–water partition coefficient (Wildman–Crippen LogP) is 3.72. The minimum atomic E-state index is -4.57. The Morgan fingerprint density at radius 2 is 1.94 bits per heavy atom. The van der Waals surface area contributed by atoms with Crippen LogP contribution in [-0.4, -0.2) is 10.1 Å². The second-order valence-electron chi connectivity index (χ2n) is 3.16. The first-order chi connectivity index (χ1) is 7.39. The zero-order valence-corrected chi connectivity index (χ0v) is 9.30. The molecule has 0 saturated carbocycles. The molecule has 1 aromatic carbocycles. The predicted molar refractivity (Wildman–Crippen MR) is 56.1 cm³/mol. The molecule has 0 amide bonds. The van der Waals surface area contributed by atoms with Crippen molar-refractivity contribution in [2.45, 2.75) is 6.18 Å². The molecule has 0 fully saturated rings. The minimum absolute atomic E-state index is 0.0924. The van der Waals surface area contributed by atoms with Crippen LogP contribution in [0.15, 0.2) is 28.7 Å². The third-order valence-electron chi connectivity index (χ3n) is 2.06. The summed E-state index contributed by atoms with van der Waals surface area (Å²) < 4.78 is 37.7. The van der Waals surface area contributed by atoms with E-state index in [2.05, 4.69) is 20.9 Å². The van der Waals surface area contributed by atoms with E-state index in [1.807, 2.05) is 0 Å². The Balaban J connectivity index is 2.81. The number of hydrogen-bond donors (Lipinski definition) is 1. The number of aromatic hydroxyl groups is 1. The summed E-state index contributed by atoms with van der Waals surface area (Å²) in [5, 5.41) is 9.76. The number of hydrogen-bond acceptors (Lipinski definition) is 2. The molecule has 2 nitrogen and oxygen atoms in total. The summed E-state index contributed by atoms with van der Waals surface area (Å²) in [6, 6.07) is 5.30. The second-order valence-corrected chi connectivity index (χ2v) is 4.01. The van der Waals surface area contributed by atoms with E-state index < -0.39 is 17.6 Å². The summed E-state index contributed by atoms with van der Waals surface area (Å²) in [6.07, 6.45) is -4.57. The van der Waals surface area contributed by atoms with E-state index in [4.69, 9.17) is 0 Å². The van der Waals surface area contributed by atoms with E-state index in [0.717, 1.165) is 0 Å². The number of rotatable bonds is 0. The van der Waals surface area contributed by atoms with Gasteiger partial charge in [0.05, 0.1) is 5.52 Å². The van der Waals surface area contributed by atoms with Gasteiger partial charge in [-0.05, 0) is 28.1 Å². The largest absolute Gasteiger partial charge is 0.507 e. The van der Waals surface area contributed by atoms with Crippen molar-refractivity contribution < 1.29 is 18.3 Å². The normalized spacial score (nSPS) is 12.0. The van der Waals surface area contributed by atoms with Crippen molar-refractivity contribution in [2.24, 2.45) is 0 Å². The average Bonchev–Trinajstić information content (AvgIpc) is 2.18. The van der Waals surface area contributed by atoms with Gasteiger partial charge in [0.1, 0.15) is 11.4 Å². The van der Waals surface area contributed by atoms with Crippen molar-refractivity contribution in [3.05, 3.63) is 34.4 Å². The molecule has 0 unspecified atom stereocenters. The Morgan fingerprint density at radius 1 is 1.25 bits per heavy atom. The number of halogens is 4. The monoisotopic (exact) mass is 291 g/mol. The zero-order valence-electron chi connectivity index (χ0n) is 7.72. The number of aromatic nitrogens is 1. The van der Waals surface area contributed by atoms with Crippen LogP contribution in [0.3, 0.4) is 0 Å². The molecule has 0 atom stereocenters. The molecule has 0 radical (unpaired) electrons. The van der Waals surface area contributed by atoms with Crippen LogP contribution in [0, 0.1) is 0 Å². The first-order valence-corrected chi connectivity index (χ1v) is 5.04. The summed E-state index contributed by atoms with van der Waals surface area (Å²) in [5.41, 5.74) is -1.01. The molecule has 0 spiro atoms. The SMILES string of the molecule is Oc1cc(C(F)(F)F)nc2c(Br)cccc12. The van der Waals surface area contributed by atoms with Crippen LogP contribution in [0.1, 0.15) is 5.69 Å². The molecule has 84 valence electrons. The second kappa shape index (κ2) is 3.62. The molecule has 6 heteroatoms. The molecule has 16 heavy (non-hydrogen) atoms. The maximum atomic E-state index is 12.4. The highest BCUT2D eigenvalue weighted by Gasteiger charge is 2.33. The molecular formula is C10H5BrF3NO. The molecule has 0 saturated heterocycles. The number of benzene rings is 1. The Labute approximate surface area is 96.9 Å². The van der Waals surface area contributed by atoms with Crippen LogP contribution in [0.4, 0.5) is 13.2 Å². The number of pyridine rings is 1. The summed E-state index contributed by atoms with van der Waals surface area (Å²) >= 11 is 3.09. The zero-order chi connectivity index (χ0) is 11.9. The van der Waals surface area contributed by atoms with E-state index in [1.165, 1.54) is 6.07 Å². The third kappa shape index (κ3) is 1.84. The minimum Gasteiger partial charge on any atom is -0.507 e. The number of alkyl halides is 3. The Bertz CT molecular complexity index is 553. The highest BCUT2D eigenvalue weighted by molar-refractivity contribution is 9.10. The van der Waals surface area contributed by atoms with Crippen LogP contribution in [0.5, 0.6) is 5.75 Å². The van der Waals surface area contributed by atoms with Crippen LogP contribution in [0.25, 0.3) is 10.9 Å². The fraction of sp³-hybridized carbons (Fsp3) is 0.100. The molecule has 1 aromatic heterocycles. The van der Waals surface area contributed by atoms with Gasteiger partial charge in [-0.25, -0.2) is 4.98 Å². The molecular weight excluding hydrogens is 287 g/mol. The van der Waals surface area contributed by atoms with Crippen molar-refractivity contribution in [2.75, 3.05) is 0 Å². The first-order valence-electron chi connectivity index (χ1n) is 4.25. The van der Waals surface area contributed by atoms with E-state index in [9.17, 15) is 18.3 Å². The lowest BCUT2D eigenvalue weighted by molar-refractivity contribution is -0.141. The number of nitrogens with zero attached hydrogens (tertiary/aromatic N) is 1. The van der Waals surface area contributed by atoms with Crippen molar-refractivity contribution in [1.82, 2.24) is 4.98 Å². The van der Waals surface area contributed by atoms with Gasteiger partial charge >= 0.3 is 6.18 Å². The highest BCUT2D eigenvalue weighted by atomic mass is 79.9. The standard InChI is InChI=1S/C10H5BrF3NO/c11-6-3-1-2-5-7(16)4-8(10(12,13)14)15-9(5)6/h1-4H,(H,15,16). The summed E-state index contributed by atoms with van der Waals surface area (Å²) in [7, 11) is 0. The van der Waals surface area contributed by atoms with Gasteiger partial charge in [-0.3, -0.25) is 0 Å². The van der Waals surface area contributed by atoms with E-state index >= 15 is 0 Å². The molecule has 2 aromatic rings. The topological polar surface area (TPSA) is 33.1 Å². The van der Waals surface area contributed by atoms with Gasteiger partial charge in [-0.2, -0.15) is 13.2 Å². The summed E-state index contributed by atoms with van der Waals surface area (Å²) in [6.45, 7) is 0. The summed E-state index contributed by atoms with van der Waals surface area (Å²) in [5.74, 6) is -0.432.